The van der Waals surface area contributed by atoms with Crippen LogP contribution in [0.1, 0.15) is 11.6 Å². The Morgan fingerprint density at radius 1 is 1.19 bits per heavy atom. The first-order valence-electron chi connectivity index (χ1n) is 6.67. The number of nitrogens with zero attached hydrogens (tertiary/aromatic N) is 2. The molecule has 1 fully saturated rings. The fourth-order valence-corrected chi connectivity index (χ4v) is 4.10. The summed E-state index contributed by atoms with van der Waals surface area (Å²) in [5.74, 6) is 0. The highest BCUT2D eigenvalue weighted by molar-refractivity contribution is 7.88. The van der Waals surface area contributed by atoms with E-state index in [0.717, 1.165) is 5.56 Å². The van der Waals surface area contributed by atoms with Crippen LogP contribution in [-0.2, 0) is 10.0 Å². The third kappa shape index (κ3) is 3.88. The van der Waals surface area contributed by atoms with Gasteiger partial charge in [0.25, 0.3) is 0 Å². The number of sulfonamides is 1. The molecule has 118 valence electrons. The molecule has 5 nitrogen and oxygen atoms in total. The topological polar surface area (TPSA) is 66.6 Å². The van der Waals surface area contributed by atoms with E-state index in [-0.39, 0.29) is 6.04 Å². The minimum atomic E-state index is -3.14. The molecule has 0 amide bonds. The molecule has 1 aromatic carbocycles. The van der Waals surface area contributed by atoms with Gasteiger partial charge in [0, 0.05) is 48.3 Å². The van der Waals surface area contributed by atoms with Gasteiger partial charge in [-0.3, -0.25) is 4.90 Å². The first kappa shape index (κ1) is 17.0. The highest BCUT2D eigenvalue weighted by Gasteiger charge is 2.29. The van der Waals surface area contributed by atoms with Gasteiger partial charge in [-0.1, -0.05) is 29.3 Å². The van der Waals surface area contributed by atoms with Crippen molar-refractivity contribution in [3.8, 4) is 0 Å². The van der Waals surface area contributed by atoms with Crippen LogP contribution in [0, 0.1) is 0 Å². The maximum atomic E-state index is 11.6. The van der Waals surface area contributed by atoms with Crippen molar-refractivity contribution in [2.75, 3.05) is 39.0 Å². The van der Waals surface area contributed by atoms with Crippen LogP contribution >= 0.6 is 23.2 Å². The summed E-state index contributed by atoms with van der Waals surface area (Å²) in [5.41, 5.74) is 6.72. The molecule has 1 aliphatic rings. The normalized spacial score (nSPS) is 19.6. The Bertz CT molecular complexity index is 581. The van der Waals surface area contributed by atoms with Crippen LogP contribution in [0.2, 0.25) is 10.0 Å². The molecular formula is C13H19Cl2N3O2S. The lowest BCUT2D eigenvalue weighted by Crippen LogP contribution is -2.50. The molecule has 1 atom stereocenters. The van der Waals surface area contributed by atoms with Crippen LogP contribution in [0.5, 0.6) is 0 Å². The summed E-state index contributed by atoms with van der Waals surface area (Å²) < 4.78 is 24.6. The van der Waals surface area contributed by atoms with Gasteiger partial charge >= 0.3 is 0 Å². The van der Waals surface area contributed by atoms with Crippen LogP contribution in [-0.4, -0.2) is 56.6 Å². The van der Waals surface area contributed by atoms with Gasteiger partial charge in [0.2, 0.25) is 10.0 Å². The Labute approximate surface area is 135 Å². The van der Waals surface area contributed by atoms with E-state index in [1.165, 1.54) is 10.6 Å². The van der Waals surface area contributed by atoms with Crippen LogP contribution in [0.4, 0.5) is 0 Å². The molecule has 0 radical (unpaired) electrons. The lowest BCUT2D eigenvalue weighted by Gasteiger charge is -2.38. The van der Waals surface area contributed by atoms with Gasteiger partial charge in [-0.25, -0.2) is 8.42 Å². The largest absolute Gasteiger partial charge is 0.329 e. The van der Waals surface area contributed by atoms with E-state index < -0.39 is 10.0 Å². The second-order valence-electron chi connectivity index (χ2n) is 5.08. The van der Waals surface area contributed by atoms with E-state index in [4.69, 9.17) is 28.9 Å². The Hall–Kier alpha value is -0.370. The Balaban J connectivity index is 2.17. The van der Waals surface area contributed by atoms with E-state index in [1.54, 1.807) is 18.2 Å². The predicted molar refractivity (Wildman–Crippen MR) is 86.2 cm³/mol. The first-order valence-corrected chi connectivity index (χ1v) is 9.28. The molecule has 0 aromatic heterocycles. The minimum Gasteiger partial charge on any atom is -0.329 e. The maximum absolute atomic E-state index is 11.6. The Morgan fingerprint density at radius 3 is 2.14 bits per heavy atom. The number of nitrogens with two attached hydrogens (primary N) is 1. The molecule has 0 saturated carbocycles. The van der Waals surface area contributed by atoms with Crippen molar-refractivity contribution in [2.45, 2.75) is 6.04 Å². The molecular weight excluding hydrogens is 333 g/mol. The van der Waals surface area contributed by atoms with Gasteiger partial charge in [-0.2, -0.15) is 4.31 Å². The lowest BCUT2D eigenvalue weighted by atomic mass is 10.0. The molecule has 0 spiro atoms. The molecule has 2 rings (SSSR count). The molecule has 2 N–H and O–H groups in total. The lowest BCUT2D eigenvalue weighted by molar-refractivity contribution is 0.140. The fourth-order valence-electron chi connectivity index (χ4n) is 2.63. The van der Waals surface area contributed by atoms with Crippen molar-refractivity contribution in [3.63, 3.8) is 0 Å². The summed E-state index contributed by atoms with van der Waals surface area (Å²) in [5, 5.41) is 1.17. The summed E-state index contributed by atoms with van der Waals surface area (Å²) in [6.07, 6.45) is 1.23. The molecule has 1 aliphatic heterocycles. The Morgan fingerprint density at radius 2 is 1.71 bits per heavy atom. The summed E-state index contributed by atoms with van der Waals surface area (Å²) >= 11 is 12.5. The summed E-state index contributed by atoms with van der Waals surface area (Å²) in [7, 11) is -3.14. The highest BCUT2D eigenvalue weighted by atomic mass is 35.5. The number of halogens is 2. The van der Waals surface area contributed by atoms with Gasteiger partial charge < -0.3 is 5.73 Å². The predicted octanol–water partition coefficient (Wildman–Crippen LogP) is 1.57. The van der Waals surface area contributed by atoms with Crippen LogP contribution < -0.4 is 5.73 Å². The second kappa shape index (κ2) is 6.81. The van der Waals surface area contributed by atoms with E-state index in [2.05, 4.69) is 4.90 Å². The monoisotopic (exact) mass is 351 g/mol. The van der Waals surface area contributed by atoms with Crippen molar-refractivity contribution in [2.24, 2.45) is 5.73 Å². The zero-order valence-corrected chi connectivity index (χ0v) is 14.1. The van der Waals surface area contributed by atoms with Gasteiger partial charge in [0.15, 0.2) is 0 Å². The number of piperazine rings is 1. The van der Waals surface area contributed by atoms with Crippen molar-refractivity contribution in [1.82, 2.24) is 9.21 Å². The van der Waals surface area contributed by atoms with Crippen molar-refractivity contribution in [3.05, 3.63) is 33.8 Å². The second-order valence-corrected chi connectivity index (χ2v) is 7.88. The number of hydrogen-bond acceptors (Lipinski definition) is 4. The number of rotatable bonds is 4. The van der Waals surface area contributed by atoms with Crippen molar-refractivity contribution < 1.29 is 8.42 Å². The van der Waals surface area contributed by atoms with Gasteiger partial charge in [0.1, 0.15) is 0 Å². The molecule has 1 saturated heterocycles. The zero-order valence-electron chi connectivity index (χ0n) is 11.8. The summed E-state index contributed by atoms with van der Waals surface area (Å²) in [6.45, 7) is 2.50. The van der Waals surface area contributed by atoms with Crippen molar-refractivity contribution in [1.29, 1.82) is 0 Å². The average Bonchev–Trinajstić information content (AvgIpc) is 2.42. The molecule has 21 heavy (non-hydrogen) atoms. The van der Waals surface area contributed by atoms with Crippen molar-refractivity contribution >= 4 is 33.2 Å². The minimum absolute atomic E-state index is 0.104. The molecule has 1 aromatic rings. The van der Waals surface area contributed by atoms with Gasteiger partial charge in [-0.15, -0.1) is 0 Å². The SMILES string of the molecule is CS(=O)(=O)N1CCN(C(CN)c2c(Cl)cccc2Cl)CC1. The standard InChI is InChI=1S/C13H19Cl2N3O2S/c1-21(19,20)18-7-5-17(6-8-18)12(9-16)13-10(14)3-2-4-11(13)15/h2-4,12H,5-9,16H2,1H3. The van der Waals surface area contributed by atoms with Gasteiger partial charge in [-0.05, 0) is 12.1 Å². The fraction of sp³-hybridized carbons (Fsp3) is 0.538. The van der Waals surface area contributed by atoms with Crippen LogP contribution in [0.25, 0.3) is 0 Å². The van der Waals surface area contributed by atoms with Crippen LogP contribution in [0.15, 0.2) is 18.2 Å². The number of hydrogen-bond donors (Lipinski definition) is 1. The van der Waals surface area contributed by atoms with E-state index in [1.807, 2.05) is 0 Å². The van der Waals surface area contributed by atoms with E-state index in [0.29, 0.717) is 42.8 Å². The highest BCUT2D eigenvalue weighted by Crippen LogP contribution is 2.33. The maximum Gasteiger partial charge on any atom is 0.211 e. The average molecular weight is 352 g/mol. The Kier molecular flexibility index (Phi) is 5.51. The van der Waals surface area contributed by atoms with E-state index >= 15 is 0 Å². The molecule has 8 heteroatoms. The summed E-state index contributed by atoms with van der Waals surface area (Å²) in [4.78, 5) is 2.13. The van der Waals surface area contributed by atoms with Crippen LogP contribution in [0.3, 0.4) is 0 Å². The smallest absolute Gasteiger partial charge is 0.211 e. The molecule has 1 heterocycles. The van der Waals surface area contributed by atoms with E-state index in [9.17, 15) is 8.42 Å². The first-order chi connectivity index (χ1) is 9.84. The zero-order chi connectivity index (χ0) is 15.6. The molecule has 0 aliphatic carbocycles. The third-order valence-corrected chi connectivity index (χ3v) is 5.70. The van der Waals surface area contributed by atoms with Gasteiger partial charge in [0.05, 0.1) is 12.3 Å². The molecule has 0 bridgehead atoms. The number of benzene rings is 1. The third-order valence-electron chi connectivity index (χ3n) is 3.74. The molecule has 1 unspecified atom stereocenters. The quantitative estimate of drug-likeness (QED) is 0.893. The summed E-state index contributed by atoms with van der Waals surface area (Å²) in [6, 6.07) is 5.27.